The number of alkyl halides is 1. The molecule has 4 heterocycles. The smallest absolute Gasteiger partial charge is 0.422 e. The fourth-order valence-corrected chi connectivity index (χ4v) is 6.88. The van der Waals surface area contributed by atoms with Crippen molar-refractivity contribution in [2.75, 3.05) is 37.6 Å². The van der Waals surface area contributed by atoms with Gasteiger partial charge in [0.05, 0.1) is 0 Å². The Morgan fingerprint density at radius 1 is 0.887 bits per heavy atom. The van der Waals surface area contributed by atoms with Crippen molar-refractivity contribution >= 4 is 94.4 Å². The Kier molecular flexibility index (Phi) is 14.8. The molecular weight excluding hydrogens is 855 g/mol. The second kappa shape index (κ2) is 19.8. The van der Waals surface area contributed by atoms with Crippen LogP contribution in [0, 0.1) is 17.2 Å². The number of nitrogens with zero attached hydrogens (tertiary/aromatic N) is 8. The summed E-state index contributed by atoms with van der Waals surface area (Å²) in [5, 5.41) is 36.6. The van der Waals surface area contributed by atoms with Gasteiger partial charge in [0.25, 0.3) is 11.8 Å². The molecule has 62 heavy (non-hydrogen) atoms. The van der Waals surface area contributed by atoms with Crippen molar-refractivity contribution in [1.82, 2.24) is 46.4 Å². The number of hydrogen-bond acceptors (Lipinski definition) is 18. The van der Waals surface area contributed by atoms with E-state index < -0.39 is 64.7 Å². The van der Waals surface area contributed by atoms with Crippen molar-refractivity contribution in [2.45, 2.75) is 63.6 Å². The topological polar surface area (TPSA) is 354 Å². The number of halogens is 2. The van der Waals surface area contributed by atoms with E-state index in [1.165, 1.54) is 11.3 Å². The lowest BCUT2D eigenvalue weighted by molar-refractivity contribution is -0.123. The summed E-state index contributed by atoms with van der Waals surface area (Å²) in [6.45, 7) is 6.16. The number of aromatic nitrogens is 2. The van der Waals surface area contributed by atoms with E-state index in [0.717, 1.165) is 5.01 Å². The fourth-order valence-electron chi connectivity index (χ4n) is 6.54. The number of nitrogen functional groups attached to an aromatic ring is 2. The van der Waals surface area contributed by atoms with E-state index >= 15 is 0 Å². The first-order valence-corrected chi connectivity index (χ1v) is 19.9. The van der Waals surface area contributed by atoms with Crippen LogP contribution in [0.4, 0.5) is 21.2 Å². The molecule has 0 aliphatic carbocycles. The highest BCUT2D eigenvalue weighted by molar-refractivity contribution is 6.34. The SMILES string of the molecule is CC(C)(C)OC(=O)NN1C(Cl)C(=N)N=C(N)C1C(=O)NC(=NN1CCC(C(=O)c2ccc(C(=O)C3CCN(N=CNC(=O)c4nc(Cl)c(N)nc4N)CC3)cc2)CC1)NC(=O)O. The number of piperidine rings is 2. The van der Waals surface area contributed by atoms with Crippen molar-refractivity contribution in [2.24, 2.45) is 32.8 Å². The van der Waals surface area contributed by atoms with E-state index in [-0.39, 0.29) is 53.1 Å². The lowest BCUT2D eigenvalue weighted by Gasteiger charge is -2.36. The molecule has 4 amide bonds. The number of guanidine groups is 1. The summed E-state index contributed by atoms with van der Waals surface area (Å²) in [4.78, 5) is 88.3. The fraction of sp³-hybridized carbons (Fsp3) is 0.444. The monoisotopic (exact) mass is 900 g/mol. The molecule has 0 spiro atoms. The maximum absolute atomic E-state index is 13.5. The number of nitrogens with one attached hydrogen (secondary N) is 5. The Morgan fingerprint density at radius 2 is 1.44 bits per heavy atom. The highest BCUT2D eigenvalue weighted by Gasteiger charge is 2.42. The predicted molar refractivity (Wildman–Crippen MR) is 226 cm³/mol. The van der Waals surface area contributed by atoms with Gasteiger partial charge in [0.1, 0.15) is 17.8 Å². The van der Waals surface area contributed by atoms with E-state index in [0.29, 0.717) is 49.9 Å². The molecule has 5 rings (SSSR count). The normalized spacial score (nSPS) is 19.4. The van der Waals surface area contributed by atoms with Crippen LogP contribution in [-0.4, -0.2) is 133 Å². The van der Waals surface area contributed by atoms with Gasteiger partial charge in [-0.2, -0.15) is 10.1 Å². The second-order valence-electron chi connectivity index (χ2n) is 15.2. The molecule has 2 aromatic rings. The molecule has 0 bridgehead atoms. The standard InChI is InChI=1S/C36H46Cl2N16O8/c1-36(2,3)62-35(61)51-54-22(28(40)47-30(42)26(54)38)32(58)48-33(49-34(59)60)50-53-14-10-20(11-15-53)24(56)18-6-4-17(5-7-18)23(55)19-8-12-52(13-9-19)44-16-43-31(57)21-27(39)46-29(41)25(37)45-21/h4-7,16,19-20,22,26H,8-15H2,1-3H3,(H,51,61)(H,59,60)(H4,39,41,46)(H3,40,42,47)(H,43,44,57)(H2,48,49,50,58). The third-order valence-corrected chi connectivity index (χ3v) is 10.2. The predicted octanol–water partition coefficient (Wildman–Crippen LogP) is 1.14. The number of ether oxygens (including phenoxy) is 1. The number of Topliss-reactive ketones (excluding diaryl/α,β-unsaturated/α-hetero) is 2. The number of amidine groups is 2. The number of benzene rings is 1. The highest BCUT2D eigenvalue weighted by atomic mass is 35.5. The summed E-state index contributed by atoms with van der Waals surface area (Å²) < 4.78 is 5.23. The molecule has 332 valence electrons. The molecule has 2 saturated heterocycles. The van der Waals surface area contributed by atoms with Crippen LogP contribution >= 0.6 is 23.2 Å². The first kappa shape index (κ1) is 46.4. The number of hydrazone groups is 2. The third-order valence-electron chi connectivity index (χ3n) is 9.53. The van der Waals surface area contributed by atoms with E-state index in [4.69, 9.17) is 50.5 Å². The van der Waals surface area contributed by atoms with Crippen LogP contribution in [0.1, 0.15) is 77.7 Å². The number of carbonyl (C=O) groups excluding carboxylic acids is 5. The van der Waals surface area contributed by atoms with E-state index in [1.807, 2.05) is 5.32 Å². The van der Waals surface area contributed by atoms with Crippen molar-refractivity contribution in [1.29, 1.82) is 5.41 Å². The first-order chi connectivity index (χ1) is 29.2. The summed E-state index contributed by atoms with van der Waals surface area (Å²) in [7, 11) is 0. The average molecular weight is 902 g/mol. The quantitative estimate of drug-likeness (QED) is 0.0531. The number of ketones is 2. The number of amides is 4. The Labute approximate surface area is 364 Å². The van der Waals surface area contributed by atoms with Crippen LogP contribution in [-0.2, 0) is 9.53 Å². The van der Waals surface area contributed by atoms with Crippen molar-refractivity contribution < 1.29 is 38.6 Å². The van der Waals surface area contributed by atoms with Gasteiger partial charge < -0.3 is 32.4 Å². The van der Waals surface area contributed by atoms with Gasteiger partial charge in [-0.25, -0.2) is 24.5 Å². The maximum Gasteiger partial charge on any atom is 0.422 e. The van der Waals surface area contributed by atoms with Crippen molar-refractivity contribution in [3.05, 3.63) is 46.2 Å². The van der Waals surface area contributed by atoms with E-state index in [1.54, 1.807) is 50.0 Å². The highest BCUT2D eigenvalue weighted by Crippen LogP contribution is 2.26. The van der Waals surface area contributed by atoms with Gasteiger partial charge in [0.15, 0.2) is 51.4 Å². The van der Waals surface area contributed by atoms with Gasteiger partial charge >= 0.3 is 12.2 Å². The summed E-state index contributed by atoms with van der Waals surface area (Å²) >= 11 is 12.1. The number of carbonyl (C=O) groups is 6. The van der Waals surface area contributed by atoms with Crippen molar-refractivity contribution in [3.63, 3.8) is 0 Å². The molecule has 0 radical (unpaired) electrons. The molecule has 0 saturated carbocycles. The Bertz CT molecular complexity index is 2180. The average Bonchev–Trinajstić information content (AvgIpc) is 3.20. The minimum Gasteiger partial charge on any atom is -0.465 e. The second-order valence-corrected chi connectivity index (χ2v) is 15.9. The van der Waals surface area contributed by atoms with Crippen molar-refractivity contribution in [3.8, 4) is 0 Å². The van der Waals surface area contributed by atoms with E-state index in [9.17, 15) is 33.9 Å². The van der Waals surface area contributed by atoms with Gasteiger partial charge in [-0.05, 0) is 46.5 Å². The third kappa shape index (κ3) is 12.0. The summed E-state index contributed by atoms with van der Waals surface area (Å²) in [6, 6.07) is 4.88. The molecule has 3 aliphatic heterocycles. The van der Waals surface area contributed by atoms with Gasteiger partial charge in [-0.1, -0.05) is 47.5 Å². The molecule has 2 unspecified atom stereocenters. The molecule has 26 heteroatoms. The number of anilines is 2. The van der Waals surface area contributed by atoms with Crippen LogP contribution in [0.2, 0.25) is 5.15 Å². The first-order valence-electron chi connectivity index (χ1n) is 19.0. The van der Waals surface area contributed by atoms with Gasteiger partial charge in [0, 0.05) is 49.1 Å². The molecular formula is C36H46Cl2N16O8. The summed E-state index contributed by atoms with van der Waals surface area (Å²) in [5.74, 6) is -4.23. The molecule has 24 nitrogen and oxygen atoms in total. The van der Waals surface area contributed by atoms with Crippen LogP contribution < -0.4 is 38.6 Å². The minimum absolute atomic E-state index is 0.0633. The number of hydrazine groups is 1. The van der Waals surface area contributed by atoms with E-state index in [2.05, 4.69) is 41.2 Å². The lowest BCUT2D eigenvalue weighted by atomic mass is 9.87. The number of aliphatic imine (C=N–C) groups is 1. The van der Waals surface area contributed by atoms with Crippen LogP contribution in [0.15, 0.2) is 39.5 Å². The van der Waals surface area contributed by atoms with Crippen LogP contribution in [0.25, 0.3) is 0 Å². The zero-order valence-corrected chi connectivity index (χ0v) is 35.2. The van der Waals surface area contributed by atoms with Gasteiger partial charge in [-0.3, -0.25) is 50.7 Å². The van der Waals surface area contributed by atoms with Crippen LogP contribution in [0.3, 0.4) is 0 Å². The largest absolute Gasteiger partial charge is 0.465 e. The zero-order valence-electron chi connectivity index (χ0n) is 33.7. The number of rotatable bonds is 10. The molecule has 1 aromatic carbocycles. The molecule has 3 aliphatic rings. The zero-order chi connectivity index (χ0) is 45.5. The number of hydrogen-bond donors (Lipinski definition) is 9. The number of carboxylic acid groups (broad SMARTS) is 1. The summed E-state index contributed by atoms with van der Waals surface area (Å²) in [6.07, 6.45) is 0.337. The van der Waals surface area contributed by atoms with Gasteiger partial charge in [-0.15, -0.1) is 5.10 Å². The Hall–Kier alpha value is -6.66. The molecule has 2 atom stereocenters. The molecule has 2 fully saturated rings. The molecule has 1 aromatic heterocycles. The minimum atomic E-state index is -1.61. The maximum atomic E-state index is 13.5. The Balaban J connectivity index is 1.12. The summed E-state index contributed by atoms with van der Waals surface area (Å²) in [5.41, 5.74) is 17.8. The van der Waals surface area contributed by atoms with Crippen LogP contribution in [0.5, 0.6) is 0 Å². The van der Waals surface area contributed by atoms with Gasteiger partial charge in [0.2, 0.25) is 5.96 Å². The Morgan fingerprint density at radius 3 is 1.97 bits per heavy atom. The molecule has 12 N–H and O–H groups in total. The lowest BCUT2D eigenvalue weighted by Crippen LogP contribution is -2.67. The number of nitrogens with two attached hydrogens (primary N) is 3.